The molecule has 1 rings (SSSR count). The van der Waals surface area contributed by atoms with E-state index in [0.29, 0.717) is 12.2 Å². The fourth-order valence-corrected chi connectivity index (χ4v) is 2.97. The molecule has 0 unspecified atom stereocenters. The number of carbonyl (C=O) groups excluding carboxylic acids is 1. The number of benzene rings is 1. The largest absolute Gasteiger partial charge is 0.299 e. The summed E-state index contributed by atoms with van der Waals surface area (Å²) in [6, 6.07) is 10.4. The van der Waals surface area contributed by atoms with E-state index >= 15 is 0 Å². The summed E-state index contributed by atoms with van der Waals surface area (Å²) in [6.45, 7) is 8.85. The van der Waals surface area contributed by atoms with Gasteiger partial charge in [-0.3, -0.25) is 4.79 Å². The van der Waals surface area contributed by atoms with E-state index in [2.05, 4.69) is 45.0 Å². The number of Topliss-reactive ketones (excluding diaryl/α,β-unsaturated/α-hetero) is 1. The molecule has 0 saturated heterocycles. The molecule has 1 nitrogen and oxygen atoms in total. The summed E-state index contributed by atoms with van der Waals surface area (Å²) in [5.41, 5.74) is 1.29. The Labute approximate surface area is 124 Å². The van der Waals surface area contributed by atoms with E-state index in [-0.39, 0.29) is 5.92 Å². The molecule has 1 aromatic rings. The van der Waals surface area contributed by atoms with Crippen molar-refractivity contribution in [3.63, 3.8) is 0 Å². The fraction of sp³-hybridized carbons (Fsp3) is 0.632. The van der Waals surface area contributed by atoms with Crippen LogP contribution in [0, 0.1) is 17.8 Å². The lowest BCUT2D eigenvalue weighted by Gasteiger charge is -2.19. The van der Waals surface area contributed by atoms with E-state index in [1.165, 1.54) is 18.4 Å². The maximum Gasteiger partial charge on any atom is 0.136 e. The van der Waals surface area contributed by atoms with Crippen LogP contribution < -0.4 is 0 Å². The van der Waals surface area contributed by atoms with Crippen molar-refractivity contribution in [2.45, 2.75) is 59.8 Å². The first-order chi connectivity index (χ1) is 9.52. The highest BCUT2D eigenvalue weighted by Crippen LogP contribution is 2.23. The highest BCUT2D eigenvalue weighted by molar-refractivity contribution is 5.80. The second-order valence-electron chi connectivity index (χ2n) is 6.52. The van der Waals surface area contributed by atoms with Crippen LogP contribution in [0.15, 0.2) is 30.3 Å². The van der Waals surface area contributed by atoms with Crippen molar-refractivity contribution in [2.75, 3.05) is 0 Å². The van der Waals surface area contributed by atoms with Gasteiger partial charge in [-0.05, 0) is 36.7 Å². The number of ketones is 1. The van der Waals surface area contributed by atoms with Crippen molar-refractivity contribution in [3.8, 4) is 0 Å². The third-order valence-corrected chi connectivity index (χ3v) is 4.01. The molecule has 0 spiro atoms. The Morgan fingerprint density at radius 3 is 2.25 bits per heavy atom. The predicted molar refractivity (Wildman–Crippen MR) is 86.8 cm³/mol. The van der Waals surface area contributed by atoms with Crippen molar-refractivity contribution in [3.05, 3.63) is 35.9 Å². The molecule has 1 aromatic carbocycles. The monoisotopic (exact) mass is 274 g/mol. The van der Waals surface area contributed by atoms with Gasteiger partial charge in [0.05, 0.1) is 0 Å². The first-order valence-corrected chi connectivity index (χ1v) is 8.09. The molecular weight excluding hydrogens is 244 g/mol. The van der Waals surface area contributed by atoms with E-state index in [1.807, 2.05) is 13.0 Å². The third kappa shape index (κ3) is 6.36. The Balaban J connectivity index is 2.55. The number of carbonyl (C=O) groups is 1. The van der Waals surface area contributed by atoms with Crippen molar-refractivity contribution in [1.29, 1.82) is 0 Å². The third-order valence-electron chi connectivity index (χ3n) is 4.01. The molecule has 20 heavy (non-hydrogen) atoms. The van der Waals surface area contributed by atoms with Crippen LogP contribution in [0.2, 0.25) is 0 Å². The molecule has 0 aromatic heterocycles. The van der Waals surface area contributed by atoms with Crippen molar-refractivity contribution < 1.29 is 4.79 Å². The molecular formula is C19H30O. The molecule has 0 amide bonds. The average Bonchev–Trinajstić information content (AvgIpc) is 2.43. The Morgan fingerprint density at radius 1 is 1.05 bits per heavy atom. The lowest BCUT2D eigenvalue weighted by molar-refractivity contribution is -0.122. The Bertz CT molecular complexity index is 380. The van der Waals surface area contributed by atoms with Crippen LogP contribution in [0.1, 0.15) is 58.9 Å². The molecule has 0 saturated carbocycles. The van der Waals surface area contributed by atoms with E-state index in [1.54, 1.807) is 0 Å². The van der Waals surface area contributed by atoms with Crippen molar-refractivity contribution in [1.82, 2.24) is 0 Å². The zero-order chi connectivity index (χ0) is 15.0. The summed E-state index contributed by atoms with van der Waals surface area (Å²) in [7, 11) is 0. The number of hydrogen-bond donors (Lipinski definition) is 0. The molecule has 0 fully saturated rings. The fourth-order valence-electron chi connectivity index (χ4n) is 2.97. The first kappa shape index (κ1) is 16.9. The van der Waals surface area contributed by atoms with Gasteiger partial charge in [0.1, 0.15) is 5.78 Å². The van der Waals surface area contributed by atoms with Crippen LogP contribution in [-0.4, -0.2) is 5.78 Å². The topological polar surface area (TPSA) is 17.1 Å². The molecule has 0 radical (unpaired) electrons. The normalized spacial score (nSPS) is 14.2. The van der Waals surface area contributed by atoms with Gasteiger partial charge in [0.2, 0.25) is 0 Å². The minimum atomic E-state index is 0.206. The molecule has 0 N–H and O–H groups in total. The summed E-state index contributed by atoms with van der Waals surface area (Å²) in [5.74, 6) is 2.10. The standard InChI is InChI=1S/C19H30O/c1-5-19(20)18(12-11-16(4)13-15(2)3)14-17-9-7-6-8-10-17/h6-10,15-16,18H,5,11-14H2,1-4H3/t16-,18-/m1/s1. The minimum absolute atomic E-state index is 0.206. The molecule has 0 aliphatic carbocycles. The predicted octanol–water partition coefficient (Wildman–Crippen LogP) is 5.29. The highest BCUT2D eigenvalue weighted by atomic mass is 16.1. The Kier molecular flexibility index (Phi) is 7.58. The van der Waals surface area contributed by atoms with Gasteiger partial charge in [0.15, 0.2) is 0 Å². The highest BCUT2D eigenvalue weighted by Gasteiger charge is 2.18. The molecule has 0 bridgehead atoms. The summed E-state index contributed by atoms with van der Waals surface area (Å²) in [5, 5.41) is 0. The van der Waals surface area contributed by atoms with Crippen LogP contribution >= 0.6 is 0 Å². The van der Waals surface area contributed by atoms with Gasteiger partial charge in [-0.25, -0.2) is 0 Å². The van der Waals surface area contributed by atoms with Crippen LogP contribution in [0.5, 0.6) is 0 Å². The lowest BCUT2D eigenvalue weighted by atomic mass is 9.85. The molecule has 112 valence electrons. The zero-order valence-electron chi connectivity index (χ0n) is 13.6. The van der Waals surface area contributed by atoms with Crippen LogP contribution in [0.25, 0.3) is 0 Å². The van der Waals surface area contributed by atoms with E-state index in [9.17, 15) is 4.79 Å². The lowest BCUT2D eigenvalue weighted by Crippen LogP contribution is -2.17. The maximum atomic E-state index is 12.2. The van der Waals surface area contributed by atoms with Gasteiger partial charge in [0.25, 0.3) is 0 Å². The van der Waals surface area contributed by atoms with Gasteiger partial charge in [0, 0.05) is 12.3 Å². The minimum Gasteiger partial charge on any atom is -0.299 e. The van der Waals surface area contributed by atoms with Crippen molar-refractivity contribution >= 4 is 5.78 Å². The van der Waals surface area contributed by atoms with Gasteiger partial charge >= 0.3 is 0 Å². The van der Waals surface area contributed by atoms with E-state index in [0.717, 1.165) is 24.7 Å². The van der Waals surface area contributed by atoms with Gasteiger partial charge in [-0.15, -0.1) is 0 Å². The summed E-state index contributed by atoms with van der Waals surface area (Å²) in [4.78, 5) is 12.2. The van der Waals surface area contributed by atoms with Crippen molar-refractivity contribution in [2.24, 2.45) is 17.8 Å². The molecule has 2 atom stereocenters. The smallest absolute Gasteiger partial charge is 0.136 e. The number of hydrogen-bond acceptors (Lipinski definition) is 1. The summed E-state index contributed by atoms with van der Waals surface area (Å²) in [6.07, 6.45) is 5.03. The SMILES string of the molecule is CCC(=O)[C@H](CC[C@@H](C)CC(C)C)Cc1ccccc1. The van der Waals surface area contributed by atoms with Gasteiger partial charge in [-0.2, -0.15) is 0 Å². The summed E-state index contributed by atoms with van der Waals surface area (Å²) >= 11 is 0. The van der Waals surface area contributed by atoms with Gasteiger partial charge in [-0.1, -0.05) is 64.4 Å². The van der Waals surface area contributed by atoms with Crippen LogP contribution in [0.3, 0.4) is 0 Å². The quantitative estimate of drug-likeness (QED) is 0.598. The van der Waals surface area contributed by atoms with Crippen LogP contribution in [-0.2, 0) is 11.2 Å². The molecule has 0 aliphatic rings. The number of rotatable bonds is 9. The first-order valence-electron chi connectivity index (χ1n) is 8.09. The second-order valence-corrected chi connectivity index (χ2v) is 6.52. The maximum absolute atomic E-state index is 12.2. The summed E-state index contributed by atoms with van der Waals surface area (Å²) < 4.78 is 0. The average molecular weight is 274 g/mol. The Hall–Kier alpha value is -1.11. The van der Waals surface area contributed by atoms with E-state index in [4.69, 9.17) is 0 Å². The molecule has 0 aliphatic heterocycles. The molecule has 1 heteroatoms. The second kappa shape index (κ2) is 8.94. The van der Waals surface area contributed by atoms with Crippen LogP contribution in [0.4, 0.5) is 0 Å². The van der Waals surface area contributed by atoms with E-state index < -0.39 is 0 Å². The van der Waals surface area contributed by atoms with Gasteiger partial charge < -0.3 is 0 Å². The Morgan fingerprint density at radius 2 is 1.70 bits per heavy atom. The zero-order valence-corrected chi connectivity index (χ0v) is 13.6. The molecule has 0 heterocycles.